The van der Waals surface area contributed by atoms with Crippen LogP contribution in [0.15, 0.2) is 48.5 Å². The summed E-state index contributed by atoms with van der Waals surface area (Å²) in [6.45, 7) is 0. The molecule has 6 heteroatoms. The van der Waals surface area contributed by atoms with Crippen LogP contribution < -0.4 is 10.6 Å². The molecule has 128 valence electrons. The number of rotatable bonds is 4. The molecule has 1 saturated carbocycles. The van der Waals surface area contributed by atoms with E-state index in [2.05, 4.69) is 10.6 Å². The third kappa shape index (κ3) is 4.33. The molecule has 0 unspecified atom stereocenters. The number of halogens is 2. The summed E-state index contributed by atoms with van der Waals surface area (Å²) in [5.74, 6) is 0. The highest BCUT2D eigenvalue weighted by Gasteiger charge is 2.35. The number of anilines is 2. The molecule has 2 aromatic rings. The summed E-state index contributed by atoms with van der Waals surface area (Å²) in [6.07, 6.45) is -0.384. The van der Waals surface area contributed by atoms with Gasteiger partial charge in [0.2, 0.25) is 0 Å². The third-order valence-corrected chi connectivity index (χ3v) is 4.74. The molecular formula is C18H20Cl2N2O2. The average Bonchev–Trinajstić information content (AvgIpc) is 2.52. The smallest absolute Gasteiger partial charge is 0.0767 e. The summed E-state index contributed by atoms with van der Waals surface area (Å²) in [5, 5.41) is 28.5. The molecule has 1 aliphatic rings. The normalized spacial score (nSPS) is 26.8. The molecule has 0 aliphatic heterocycles. The Balaban J connectivity index is 1.70. The van der Waals surface area contributed by atoms with Gasteiger partial charge in [-0.1, -0.05) is 35.3 Å². The maximum Gasteiger partial charge on any atom is 0.0767 e. The molecule has 0 saturated heterocycles. The summed E-state index contributed by atoms with van der Waals surface area (Å²) >= 11 is 12.0. The van der Waals surface area contributed by atoms with Crippen LogP contribution in [0.5, 0.6) is 0 Å². The van der Waals surface area contributed by atoms with Gasteiger partial charge in [0.15, 0.2) is 0 Å². The first-order valence-corrected chi connectivity index (χ1v) is 8.67. The lowest BCUT2D eigenvalue weighted by Gasteiger charge is -2.38. The van der Waals surface area contributed by atoms with Crippen LogP contribution in [0.1, 0.15) is 12.8 Å². The number of hydrogen-bond donors (Lipinski definition) is 4. The van der Waals surface area contributed by atoms with Crippen molar-refractivity contribution in [1.82, 2.24) is 0 Å². The summed E-state index contributed by atoms with van der Waals surface area (Å²) in [7, 11) is 0. The molecule has 24 heavy (non-hydrogen) atoms. The zero-order valence-corrected chi connectivity index (χ0v) is 14.5. The largest absolute Gasteiger partial charge is 0.391 e. The first-order chi connectivity index (χ1) is 11.5. The van der Waals surface area contributed by atoms with Gasteiger partial charge in [-0.25, -0.2) is 0 Å². The Hall–Kier alpha value is -1.46. The quantitative estimate of drug-likeness (QED) is 0.664. The van der Waals surface area contributed by atoms with Crippen LogP contribution in [0.2, 0.25) is 10.0 Å². The number of benzene rings is 2. The summed E-state index contributed by atoms with van der Waals surface area (Å²) in [6, 6.07) is 14.4. The molecule has 1 fully saturated rings. The van der Waals surface area contributed by atoms with Crippen molar-refractivity contribution in [1.29, 1.82) is 0 Å². The minimum absolute atomic E-state index is 0.177. The molecule has 0 heterocycles. The van der Waals surface area contributed by atoms with Gasteiger partial charge in [-0.2, -0.15) is 0 Å². The van der Waals surface area contributed by atoms with Crippen molar-refractivity contribution >= 4 is 34.6 Å². The van der Waals surface area contributed by atoms with Gasteiger partial charge in [0.05, 0.1) is 24.3 Å². The van der Waals surface area contributed by atoms with Crippen molar-refractivity contribution in [3.63, 3.8) is 0 Å². The Morgan fingerprint density at radius 2 is 1.21 bits per heavy atom. The second kappa shape index (κ2) is 7.62. The van der Waals surface area contributed by atoms with Crippen LogP contribution in [-0.4, -0.2) is 34.5 Å². The molecule has 0 aromatic heterocycles. The molecule has 0 amide bonds. The first-order valence-electron chi connectivity index (χ1n) is 7.91. The summed E-state index contributed by atoms with van der Waals surface area (Å²) < 4.78 is 0. The Kier molecular flexibility index (Phi) is 5.51. The van der Waals surface area contributed by atoms with Crippen LogP contribution >= 0.6 is 23.2 Å². The fourth-order valence-corrected chi connectivity index (χ4v) is 3.44. The van der Waals surface area contributed by atoms with Crippen molar-refractivity contribution < 1.29 is 10.2 Å². The number of aliphatic hydroxyl groups excluding tert-OH is 2. The standard InChI is InChI=1S/C18H20Cl2N2O2/c19-11-3-1-5-13(7-11)21-15-9-16(18(24)10-17(15)23)22-14-6-2-4-12(20)8-14/h1-8,15-18,21-24H,9-10H2/t15-,16-,17-,18-/m1/s1. The molecule has 2 aromatic carbocycles. The molecule has 3 rings (SSSR count). The van der Waals surface area contributed by atoms with Crippen LogP contribution in [0.25, 0.3) is 0 Å². The van der Waals surface area contributed by atoms with Crippen LogP contribution in [-0.2, 0) is 0 Å². The molecule has 0 bridgehead atoms. The van der Waals surface area contributed by atoms with E-state index in [-0.39, 0.29) is 12.1 Å². The topological polar surface area (TPSA) is 64.5 Å². The maximum atomic E-state index is 10.3. The fraction of sp³-hybridized carbons (Fsp3) is 0.333. The van der Waals surface area contributed by atoms with Crippen molar-refractivity contribution in [3.05, 3.63) is 58.6 Å². The van der Waals surface area contributed by atoms with Gasteiger partial charge in [-0.05, 0) is 42.8 Å². The predicted octanol–water partition coefficient (Wildman–Crippen LogP) is 3.77. The van der Waals surface area contributed by atoms with E-state index < -0.39 is 12.2 Å². The molecular weight excluding hydrogens is 347 g/mol. The molecule has 4 N–H and O–H groups in total. The van der Waals surface area contributed by atoms with Crippen molar-refractivity contribution in [3.8, 4) is 0 Å². The van der Waals surface area contributed by atoms with E-state index in [1.54, 1.807) is 12.1 Å². The zero-order chi connectivity index (χ0) is 17.1. The summed E-state index contributed by atoms with van der Waals surface area (Å²) in [4.78, 5) is 0. The average molecular weight is 367 g/mol. The first kappa shape index (κ1) is 17.4. The minimum atomic E-state index is -0.628. The van der Waals surface area contributed by atoms with Crippen molar-refractivity contribution in [2.24, 2.45) is 0 Å². The van der Waals surface area contributed by atoms with E-state index in [4.69, 9.17) is 23.2 Å². The maximum absolute atomic E-state index is 10.3. The second-order valence-electron chi connectivity index (χ2n) is 6.13. The van der Waals surface area contributed by atoms with Crippen LogP contribution in [0, 0.1) is 0 Å². The molecule has 0 radical (unpaired) electrons. The fourth-order valence-electron chi connectivity index (χ4n) is 3.06. The van der Waals surface area contributed by atoms with Gasteiger partial charge in [0, 0.05) is 27.8 Å². The Morgan fingerprint density at radius 1 is 0.750 bits per heavy atom. The van der Waals surface area contributed by atoms with E-state index in [0.717, 1.165) is 11.4 Å². The Morgan fingerprint density at radius 3 is 1.62 bits per heavy atom. The highest BCUT2D eigenvalue weighted by atomic mass is 35.5. The van der Waals surface area contributed by atoms with Crippen LogP contribution in [0.4, 0.5) is 11.4 Å². The van der Waals surface area contributed by atoms with Crippen LogP contribution in [0.3, 0.4) is 0 Å². The van der Waals surface area contributed by atoms with E-state index in [0.29, 0.717) is 22.9 Å². The Labute approximate surface area is 151 Å². The molecule has 1 aliphatic carbocycles. The van der Waals surface area contributed by atoms with E-state index in [9.17, 15) is 10.2 Å². The van der Waals surface area contributed by atoms with Gasteiger partial charge >= 0.3 is 0 Å². The lowest BCUT2D eigenvalue weighted by molar-refractivity contribution is 0.0242. The number of hydrogen-bond acceptors (Lipinski definition) is 4. The minimum Gasteiger partial charge on any atom is -0.391 e. The third-order valence-electron chi connectivity index (χ3n) is 4.27. The number of nitrogens with one attached hydrogen (secondary N) is 2. The van der Waals surface area contributed by atoms with Gasteiger partial charge in [-0.15, -0.1) is 0 Å². The lowest BCUT2D eigenvalue weighted by Crippen LogP contribution is -2.51. The highest BCUT2D eigenvalue weighted by Crippen LogP contribution is 2.27. The second-order valence-corrected chi connectivity index (χ2v) is 7.00. The monoisotopic (exact) mass is 366 g/mol. The number of aliphatic hydroxyl groups is 2. The van der Waals surface area contributed by atoms with Gasteiger partial charge in [0.1, 0.15) is 0 Å². The molecule has 4 nitrogen and oxygen atoms in total. The van der Waals surface area contributed by atoms with Crippen molar-refractivity contribution in [2.45, 2.75) is 37.1 Å². The molecule has 4 atom stereocenters. The SMILES string of the molecule is O[C@@H]1C[C@@H](O)[C@H](Nc2cccc(Cl)c2)C[C@H]1Nc1cccc(Cl)c1. The van der Waals surface area contributed by atoms with E-state index in [1.165, 1.54) is 0 Å². The Bertz CT molecular complexity index is 641. The lowest BCUT2D eigenvalue weighted by atomic mass is 9.86. The predicted molar refractivity (Wildman–Crippen MR) is 99.0 cm³/mol. The van der Waals surface area contributed by atoms with Crippen molar-refractivity contribution in [2.75, 3.05) is 10.6 Å². The van der Waals surface area contributed by atoms with E-state index >= 15 is 0 Å². The molecule has 0 spiro atoms. The van der Waals surface area contributed by atoms with E-state index in [1.807, 2.05) is 36.4 Å². The van der Waals surface area contributed by atoms with Gasteiger partial charge < -0.3 is 20.8 Å². The zero-order valence-electron chi connectivity index (χ0n) is 13.0. The summed E-state index contributed by atoms with van der Waals surface area (Å²) in [5.41, 5.74) is 1.70. The van der Waals surface area contributed by atoms with Gasteiger partial charge in [-0.3, -0.25) is 0 Å². The van der Waals surface area contributed by atoms with Gasteiger partial charge in [0.25, 0.3) is 0 Å². The highest BCUT2D eigenvalue weighted by molar-refractivity contribution is 6.31.